The molecule has 1 aromatic heterocycles. The van der Waals surface area contributed by atoms with Crippen molar-refractivity contribution in [3.63, 3.8) is 0 Å². The van der Waals surface area contributed by atoms with Gasteiger partial charge in [-0.25, -0.2) is 4.98 Å². The summed E-state index contributed by atoms with van der Waals surface area (Å²) in [5.41, 5.74) is 2.63. The molecule has 1 heterocycles. The summed E-state index contributed by atoms with van der Waals surface area (Å²) in [5.74, 6) is 0.719. The number of carbonyl (C=O) groups excluding carboxylic acids is 1. The number of ether oxygens (including phenoxy) is 1. The first-order valence-electron chi connectivity index (χ1n) is 9.87. The lowest BCUT2D eigenvalue weighted by Gasteiger charge is -2.17. The van der Waals surface area contributed by atoms with Crippen LogP contribution < -0.4 is 10.1 Å². The molecule has 0 unspecified atom stereocenters. The second kappa shape index (κ2) is 10.2. The fraction of sp³-hybridized carbons (Fsp3) is 0.304. The smallest absolute Gasteiger partial charge is 0.263 e. The first-order valence-corrected chi connectivity index (χ1v) is 10.7. The van der Waals surface area contributed by atoms with E-state index >= 15 is 0 Å². The van der Waals surface area contributed by atoms with Gasteiger partial charge in [0, 0.05) is 24.2 Å². The summed E-state index contributed by atoms with van der Waals surface area (Å²) in [6.45, 7) is 7.66. The number of thiazole rings is 1. The molecule has 152 valence electrons. The molecule has 1 amide bonds. The minimum absolute atomic E-state index is 0.0757. The molecule has 0 bridgehead atoms. The number of likely N-dealkylation sites (N-methyl/N-ethyl adjacent to an activating group) is 1. The molecule has 5 nitrogen and oxygen atoms in total. The Bertz CT molecular complexity index is 919. The number of rotatable bonds is 9. The number of nitrogens with zero attached hydrogens (tertiary/aromatic N) is 2. The molecule has 2 aromatic carbocycles. The first-order chi connectivity index (χ1) is 14.2. The van der Waals surface area contributed by atoms with Gasteiger partial charge in [0.2, 0.25) is 0 Å². The summed E-state index contributed by atoms with van der Waals surface area (Å²) < 4.78 is 5.24. The second-order valence-corrected chi connectivity index (χ2v) is 7.57. The zero-order chi connectivity index (χ0) is 20.6. The fourth-order valence-corrected chi connectivity index (χ4v) is 4.08. The number of carbonyl (C=O) groups is 1. The van der Waals surface area contributed by atoms with Crippen LogP contribution in [0, 0.1) is 0 Å². The van der Waals surface area contributed by atoms with Crippen molar-refractivity contribution in [1.82, 2.24) is 15.2 Å². The standard InChI is InChI=1S/C23H27N3O2S/c1-4-26(5-2)16-15-24-22(27)21-20(17-9-7-6-8-10-17)25-23(29-21)18-11-13-19(28-3)14-12-18/h6-14H,4-5,15-16H2,1-3H3,(H,24,27). The van der Waals surface area contributed by atoms with Crippen LogP contribution in [0.5, 0.6) is 5.75 Å². The number of nitrogens with one attached hydrogen (secondary N) is 1. The Labute approximate surface area is 176 Å². The van der Waals surface area contributed by atoms with Crippen molar-refractivity contribution < 1.29 is 9.53 Å². The lowest BCUT2D eigenvalue weighted by atomic mass is 10.1. The van der Waals surface area contributed by atoms with Crippen LogP contribution in [0.4, 0.5) is 0 Å². The number of methoxy groups -OCH3 is 1. The molecule has 29 heavy (non-hydrogen) atoms. The van der Waals surface area contributed by atoms with Crippen LogP contribution in [-0.2, 0) is 0 Å². The van der Waals surface area contributed by atoms with Gasteiger partial charge in [-0.15, -0.1) is 11.3 Å². The van der Waals surface area contributed by atoms with Crippen LogP contribution in [-0.4, -0.2) is 49.1 Å². The monoisotopic (exact) mass is 409 g/mol. The van der Waals surface area contributed by atoms with E-state index in [9.17, 15) is 4.79 Å². The SMILES string of the molecule is CCN(CC)CCNC(=O)c1sc(-c2ccc(OC)cc2)nc1-c1ccccc1. The third-order valence-corrected chi connectivity index (χ3v) is 5.93. The fourth-order valence-electron chi connectivity index (χ4n) is 3.07. The highest BCUT2D eigenvalue weighted by Gasteiger charge is 2.20. The second-order valence-electron chi connectivity index (χ2n) is 6.57. The van der Waals surface area contributed by atoms with Gasteiger partial charge in [0.05, 0.1) is 12.8 Å². The van der Waals surface area contributed by atoms with Crippen molar-refractivity contribution >= 4 is 17.2 Å². The Morgan fingerprint density at radius 2 is 1.72 bits per heavy atom. The normalized spacial score (nSPS) is 10.9. The number of benzene rings is 2. The summed E-state index contributed by atoms with van der Waals surface area (Å²) in [7, 11) is 1.65. The molecule has 1 N–H and O–H groups in total. The van der Waals surface area contributed by atoms with Crippen LogP contribution in [0.2, 0.25) is 0 Å². The third kappa shape index (κ3) is 5.22. The quantitative estimate of drug-likeness (QED) is 0.563. The number of hydrogen-bond acceptors (Lipinski definition) is 5. The molecule has 3 aromatic rings. The van der Waals surface area contributed by atoms with Gasteiger partial charge in [0.15, 0.2) is 0 Å². The molecular weight excluding hydrogens is 382 g/mol. The number of aromatic nitrogens is 1. The van der Waals surface area contributed by atoms with E-state index in [1.54, 1.807) is 7.11 Å². The van der Waals surface area contributed by atoms with Crippen LogP contribution in [0.15, 0.2) is 54.6 Å². The zero-order valence-corrected chi connectivity index (χ0v) is 18.0. The van der Waals surface area contributed by atoms with Crippen molar-refractivity contribution in [1.29, 1.82) is 0 Å². The maximum absolute atomic E-state index is 13.0. The topological polar surface area (TPSA) is 54.5 Å². The maximum Gasteiger partial charge on any atom is 0.263 e. The molecule has 0 spiro atoms. The minimum Gasteiger partial charge on any atom is -0.497 e. The minimum atomic E-state index is -0.0757. The van der Waals surface area contributed by atoms with E-state index in [0.717, 1.165) is 47.2 Å². The van der Waals surface area contributed by atoms with Gasteiger partial charge >= 0.3 is 0 Å². The average Bonchev–Trinajstić information content (AvgIpc) is 3.23. The van der Waals surface area contributed by atoms with Gasteiger partial charge in [0.1, 0.15) is 15.6 Å². The molecule has 3 rings (SSSR count). The highest BCUT2D eigenvalue weighted by atomic mass is 32.1. The Morgan fingerprint density at radius 1 is 1.03 bits per heavy atom. The predicted octanol–water partition coefficient (Wildman–Crippen LogP) is 4.56. The zero-order valence-electron chi connectivity index (χ0n) is 17.1. The van der Waals surface area contributed by atoms with Crippen molar-refractivity contribution in [3.05, 3.63) is 59.5 Å². The van der Waals surface area contributed by atoms with Gasteiger partial charge in [0.25, 0.3) is 5.91 Å². The molecule has 0 radical (unpaired) electrons. The van der Waals surface area contributed by atoms with Gasteiger partial charge in [-0.3, -0.25) is 4.79 Å². The lowest BCUT2D eigenvalue weighted by Crippen LogP contribution is -2.34. The Hall–Kier alpha value is -2.70. The van der Waals surface area contributed by atoms with E-state index in [-0.39, 0.29) is 5.91 Å². The molecule has 0 atom stereocenters. The molecule has 6 heteroatoms. The van der Waals surface area contributed by atoms with Crippen molar-refractivity contribution in [3.8, 4) is 27.6 Å². The van der Waals surface area contributed by atoms with E-state index in [4.69, 9.17) is 9.72 Å². The van der Waals surface area contributed by atoms with Crippen molar-refractivity contribution in [2.24, 2.45) is 0 Å². The summed E-state index contributed by atoms with van der Waals surface area (Å²) in [6, 6.07) is 17.6. The van der Waals surface area contributed by atoms with Gasteiger partial charge in [-0.05, 0) is 37.4 Å². The highest BCUT2D eigenvalue weighted by molar-refractivity contribution is 7.17. The summed E-state index contributed by atoms with van der Waals surface area (Å²) >= 11 is 1.42. The van der Waals surface area contributed by atoms with Gasteiger partial charge in [-0.1, -0.05) is 44.2 Å². The van der Waals surface area contributed by atoms with E-state index < -0.39 is 0 Å². The molecule has 0 aliphatic rings. The Morgan fingerprint density at radius 3 is 2.34 bits per heavy atom. The Balaban J connectivity index is 1.87. The molecule has 0 saturated carbocycles. The van der Waals surface area contributed by atoms with Crippen molar-refractivity contribution in [2.75, 3.05) is 33.3 Å². The molecule has 0 saturated heterocycles. The lowest BCUT2D eigenvalue weighted by molar-refractivity contribution is 0.0953. The highest BCUT2D eigenvalue weighted by Crippen LogP contribution is 2.34. The summed E-state index contributed by atoms with van der Waals surface area (Å²) in [4.78, 5) is 20.7. The maximum atomic E-state index is 13.0. The molecular formula is C23H27N3O2S. The summed E-state index contributed by atoms with van der Waals surface area (Å²) in [5, 5.41) is 3.88. The van der Waals surface area contributed by atoms with E-state index in [2.05, 4.69) is 24.1 Å². The first kappa shape index (κ1) is 21.0. The van der Waals surface area contributed by atoms with Crippen LogP contribution in [0.1, 0.15) is 23.5 Å². The summed E-state index contributed by atoms with van der Waals surface area (Å²) in [6.07, 6.45) is 0. The number of amides is 1. The van der Waals surface area contributed by atoms with Crippen LogP contribution in [0.3, 0.4) is 0 Å². The Kier molecular flexibility index (Phi) is 7.38. The predicted molar refractivity (Wildman–Crippen MR) is 120 cm³/mol. The van der Waals surface area contributed by atoms with Gasteiger partial charge < -0.3 is 15.0 Å². The number of hydrogen-bond donors (Lipinski definition) is 1. The van der Waals surface area contributed by atoms with E-state index in [1.807, 2.05) is 54.6 Å². The van der Waals surface area contributed by atoms with Gasteiger partial charge in [-0.2, -0.15) is 0 Å². The van der Waals surface area contributed by atoms with Crippen molar-refractivity contribution in [2.45, 2.75) is 13.8 Å². The largest absolute Gasteiger partial charge is 0.497 e. The molecule has 0 fully saturated rings. The molecule has 0 aliphatic heterocycles. The van der Waals surface area contributed by atoms with Crippen LogP contribution in [0.25, 0.3) is 21.8 Å². The van der Waals surface area contributed by atoms with Crippen LogP contribution >= 0.6 is 11.3 Å². The van der Waals surface area contributed by atoms with E-state index in [0.29, 0.717) is 11.4 Å². The van der Waals surface area contributed by atoms with E-state index in [1.165, 1.54) is 11.3 Å². The molecule has 0 aliphatic carbocycles. The average molecular weight is 410 g/mol. The third-order valence-electron chi connectivity index (χ3n) is 4.83.